The third-order valence-corrected chi connectivity index (χ3v) is 6.93. The van der Waals surface area contributed by atoms with Gasteiger partial charge in [-0.05, 0) is 61.9 Å². The molecule has 1 aliphatic heterocycles. The maximum absolute atomic E-state index is 13.6. The Hall–Kier alpha value is -3.39. The Labute approximate surface area is 212 Å². The smallest absolute Gasteiger partial charge is 0.256 e. The fraction of sp³-hybridized carbons (Fsp3) is 0.464. The third kappa shape index (κ3) is 5.09. The molecule has 0 saturated heterocycles. The normalized spacial score (nSPS) is 17.2. The van der Waals surface area contributed by atoms with Gasteiger partial charge in [-0.15, -0.1) is 10.2 Å². The van der Waals surface area contributed by atoms with Crippen LogP contribution in [0, 0.1) is 0 Å². The first-order valence-corrected chi connectivity index (χ1v) is 12.8. The number of amides is 1. The molecule has 2 heterocycles. The lowest BCUT2D eigenvalue weighted by Crippen LogP contribution is -2.40. The number of hydrogen-bond acceptors (Lipinski definition) is 6. The van der Waals surface area contributed by atoms with E-state index >= 15 is 0 Å². The summed E-state index contributed by atoms with van der Waals surface area (Å²) < 4.78 is 5.90. The SMILES string of the molecule is CC(C)(C)OCCCC1=NC2(CCCC2)C(=O)N1Cc1ccc(-c2ccccc2-c2nn[nH]n2)cc1. The number of carbonyl (C=O) groups excluding carboxylic acids is 1. The second kappa shape index (κ2) is 9.93. The van der Waals surface area contributed by atoms with Crippen molar-refractivity contribution < 1.29 is 9.53 Å². The van der Waals surface area contributed by atoms with E-state index in [0.29, 0.717) is 19.0 Å². The van der Waals surface area contributed by atoms with E-state index in [-0.39, 0.29) is 11.5 Å². The highest BCUT2D eigenvalue weighted by Crippen LogP contribution is 2.40. The number of aromatic nitrogens is 4. The van der Waals surface area contributed by atoms with Gasteiger partial charge in [-0.3, -0.25) is 14.7 Å². The second-order valence-electron chi connectivity index (χ2n) is 10.7. The maximum atomic E-state index is 13.6. The summed E-state index contributed by atoms with van der Waals surface area (Å²) in [6.45, 7) is 7.38. The van der Waals surface area contributed by atoms with E-state index in [1.807, 2.05) is 23.1 Å². The largest absolute Gasteiger partial charge is 0.376 e. The minimum absolute atomic E-state index is 0.163. The van der Waals surface area contributed by atoms with E-state index in [1.165, 1.54) is 0 Å². The first-order chi connectivity index (χ1) is 17.3. The average Bonchev–Trinajstić information content (AvgIpc) is 3.61. The molecule has 1 aromatic heterocycles. The van der Waals surface area contributed by atoms with Gasteiger partial charge in [0.15, 0.2) is 0 Å². The number of ether oxygens (including phenoxy) is 1. The second-order valence-corrected chi connectivity index (χ2v) is 10.7. The highest BCUT2D eigenvalue weighted by atomic mass is 16.5. The van der Waals surface area contributed by atoms with Gasteiger partial charge >= 0.3 is 0 Å². The zero-order valence-electron chi connectivity index (χ0n) is 21.3. The van der Waals surface area contributed by atoms with Crippen LogP contribution in [0.15, 0.2) is 53.5 Å². The van der Waals surface area contributed by atoms with Gasteiger partial charge in [0.25, 0.3) is 5.91 Å². The van der Waals surface area contributed by atoms with E-state index in [0.717, 1.165) is 66.6 Å². The van der Waals surface area contributed by atoms with Crippen LogP contribution in [0.1, 0.15) is 64.9 Å². The summed E-state index contributed by atoms with van der Waals surface area (Å²) in [6, 6.07) is 16.4. The zero-order valence-corrected chi connectivity index (χ0v) is 21.3. The van der Waals surface area contributed by atoms with E-state index in [9.17, 15) is 4.79 Å². The number of rotatable bonds is 8. The summed E-state index contributed by atoms with van der Waals surface area (Å²) >= 11 is 0. The molecule has 188 valence electrons. The third-order valence-electron chi connectivity index (χ3n) is 6.93. The minimum Gasteiger partial charge on any atom is -0.376 e. The minimum atomic E-state index is -0.538. The molecule has 0 atom stereocenters. The van der Waals surface area contributed by atoms with Crippen LogP contribution in [-0.4, -0.2) is 55.0 Å². The van der Waals surface area contributed by atoms with Gasteiger partial charge < -0.3 is 4.74 Å². The molecule has 1 amide bonds. The number of nitrogens with one attached hydrogen (secondary N) is 1. The predicted octanol–water partition coefficient (Wildman–Crippen LogP) is 5.18. The topological polar surface area (TPSA) is 96.4 Å². The summed E-state index contributed by atoms with van der Waals surface area (Å²) in [7, 11) is 0. The van der Waals surface area contributed by atoms with Crippen LogP contribution in [0.2, 0.25) is 0 Å². The highest BCUT2D eigenvalue weighted by Gasteiger charge is 2.49. The Morgan fingerprint density at radius 3 is 2.42 bits per heavy atom. The monoisotopic (exact) mass is 486 g/mol. The number of H-pyrrole nitrogens is 1. The van der Waals surface area contributed by atoms with Crippen LogP contribution in [0.3, 0.4) is 0 Å². The fourth-order valence-electron chi connectivity index (χ4n) is 5.15. The van der Waals surface area contributed by atoms with Gasteiger partial charge in [-0.2, -0.15) is 5.21 Å². The Kier molecular flexibility index (Phi) is 6.71. The van der Waals surface area contributed by atoms with Gasteiger partial charge in [-0.1, -0.05) is 61.4 Å². The number of benzene rings is 2. The first kappa shape index (κ1) is 24.3. The van der Waals surface area contributed by atoms with Crippen molar-refractivity contribution >= 4 is 11.7 Å². The van der Waals surface area contributed by atoms with Crippen LogP contribution in [0.25, 0.3) is 22.5 Å². The molecular weight excluding hydrogens is 452 g/mol. The Balaban J connectivity index is 1.33. The van der Waals surface area contributed by atoms with Crippen molar-refractivity contribution in [3.05, 3.63) is 54.1 Å². The van der Waals surface area contributed by atoms with E-state index < -0.39 is 5.54 Å². The number of carbonyl (C=O) groups is 1. The molecule has 1 N–H and O–H groups in total. The predicted molar refractivity (Wildman–Crippen MR) is 139 cm³/mol. The van der Waals surface area contributed by atoms with Crippen molar-refractivity contribution in [1.82, 2.24) is 25.5 Å². The Morgan fingerprint density at radius 2 is 1.75 bits per heavy atom. The zero-order chi connectivity index (χ0) is 25.2. The van der Waals surface area contributed by atoms with Crippen LogP contribution in [0.4, 0.5) is 0 Å². The van der Waals surface area contributed by atoms with E-state index in [4.69, 9.17) is 9.73 Å². The van der Waals surface area contributed by atoms with Crippen molar-refractivity contribution in [1.29, 1.82) is 0 Å². The standard InChI is InChI=1S/C28H34N6O2/c1-27(2,3)36-18-8-11-24-29-28(16-6-7-17-28)26(35)34(24)19-20-12-14-21(15-13-20)22-9-4-5-10-23(22)25-30-32-33-31-25/h4-5,9-10,12-15H,6-8,11,16-19H2,1-3H3,(H,30,31,32,33). The molecule has 1 aliphatic carbocycles. The van der Waals surface area contributed by atoms with Crippen molar-refractivity contribution in [2.75, 3.05) is 6.61 Å². The number of tetrazole rings is 1. The van der Waals surface area contributed by atoms with E-state index in [2.05, 4.69) is 71.7 Å². The Morgan fingerprint density at radius 1 is 1.03 bits per heavy atom. The number of hydrogen-bond donors (Lipinski definition) is 1. The van der Waals surface area contributed by atoms with Gasteiger partial charge in [0.05, 0.1) is 12.1 Å². The first-order valence-electron chi connectivity index (χ1n) is 12.8. The number of amidine groups is 1. The van der Waals surface area contributed by atoms with Crippen LogP contribution >= 0.6 is 0 Å². The quantitative estimate of drug-likeness (QED) is 0.443. The molecule has 0 radical (unpaired) electrons. The Bertz CT molecular complexity index is 1220. The fourth-order valence-corrected chi connectivity index (χ4v) is 5.15. The number of aliphatic imine (C=N–C) groups is 1. The summed E-state index contributed by atoms with van der Waals surface area (Å²) in [6.07, 6.45) is 5.45. The maximum Gasteiger partial charge on any atom is 0.256 e. The van der Waals surface area contributed by atoms with Gasteiger partial charge in [-0.25, -0.2) is 0 Å². The van der Waals surface area contributed by atoms with E-state index in [1.54, 1.807) is 0 Å². The molecule has 1 saturated carbocycles. The summed E-state index contributed by atoms with van der Waals surface area (Å²) in [5.74, 6) is 1.64. The summed E-state index contributed by atoms with van der Waals surface area (Å²) in [4.78, 5) is 20.5. The van der Waals surface area contributed by atoms with Crippen molar-refractivity contribution in [2.45, 2.75) is 77.0 Å². The van der Waals surface area contributed by atoms with Crippen molar-refractivity contribution in [3.8, 4) is 22.5 Å². The van der Waals surface area contributed by atoms with Crippen LogP contribution in [0.5, 0.6) is 0 Å². The highest BCUT2D eigenvalue weighted by molar-refractivity contribution is 6.08. The summed E-state index contributed by atoms with van der Waals surface area (Å²) in [5.41, 5.74) is 3.40. The van der Waals surface area contributed by atoms with Crippen LogP contribution < -0.4 is 0 Å². The molecule has 3 aromatic rings. The molecule has 0 bridgehead atoms. The molecule has 2 aromatic carbocycles. The summed E-state index contributed by atoms with van der Waals surface area (Å²) in [5, 5.41) is 14.5. The van der Waals surface area contributed by atoms with Gasteiger partial charge in [0.2, 0.25) is 5.82 Å². The lowest BCUT2D eigenvalue weighted by Gasteiger charge is -2.23. The molecule has 8 nitrogen and oxygen atoms in total. The molecule has 36 heavy (non-hydrogen) atoms. The van der Waals surface area contributed by atoms with Gasteiger partial charge in [0.1, 0.15) is 11.4 Å². The lowest BCUT2D eigenvalue weighted by atomic mass is 9.97. The lowest BCUT2D eigenvalue weighted by molar-refractivity contribution is -0.131. The molecule has 5 rings (SSSR count). The van der Waals surface area contributed by atoms with Crippen LogP contribution in [-0.2, 0) is 16.1 Å². The van der Waals surface area contributed by atoms with Crippen molar-refractivity contribution in [3.63, 3.8) is 0 Å². The molecule has 8 heteroatoms. The number of aromatic amines is 1. The van der Waals surface area contributed by atoms with Crippen molar-refractivity contribution in [2.24, 2.45) is 4.99 Å². The van der Waals surface area contributed by atoms with Gasteiger partial charge in [0, 0.05) is 18.6 Å². The molecule has 1 fully saturated rings. The molecule has 0 unspecified atom stereocenters. The average molecular weight is 487 g/mol. The molecule has 2 aliphatic rings. The molecular formula is C28H34N6O2. The number of nitrogens with zero attached hydrogens (tertiary/aromatic N) is 5. The molecule has 1 spiro atoms.